The van der Waals surface area contributed by atoms with Crippen molar-refractivity contribution in [2.45, 2.75) is 26.4 Å². The van der Waals surface area contributed by atoms with Crippen LogP contribution in [0.2, 0.25) is 0 Å². The summed E-state index contributed by atoms with van der Waals surface area (Å²) in [5, 5.41) is 8.87. The van der Waals surface area contributed by atoms with Crippen molar-refractivity contribution < 1.29 is 14.3 Å². The third kappa shape index (κ3) is 3.70. The lowest BCUT2D eigenvalue weighted by Crippen LogP contribution is -2.50. The molecule has 0 radical (unpaired) electrons. The molecule has 0 N–H and O–H groups in total. The molecule has 3 rings (SSSR count). The number of hydrogen-bond donors (Lipinski definition) is 0. The predicted octanol–water partition coefficient (Wildman–Crippen LogP) is 2.50. The van der Waals surface area contributed by atoms with Gasteiger partial charge in [0.15, 0.2) is 6.29 Å². The average Bonchev–Trinajstić information content (AvgIpc) is 2.59. The van der Waals surface area contributed by atoms with Crippen LogP contribution in [0.15, 0.2) is 24.4 Å². The Morgan fingerprint density at radius 2 is 1.88 bits per heavy atom. The first-order chi connectivity index (χ1) is 11.9. The lowest BCUT2D eigenvalue weighted by Gasteiger charge is -2.37. The molecule has 1 aliphatic heterocycles. The van der Waals surface area contributed by atoms with E-state index in [0.29, 0.717) is 37.3 Å². The van der Waals surface area contributed by atoms with Crippen molar-refractivity contribution in [2.75, 3.05) is 31.1 Å². The molecule has 1 aromatic heterocycles. The molecule has 1 aromatic carbocycles. The molecule has 0 aliphatic carbocycles. The molecule has 0 spiro atoms. The van der Waals surface area contributed by atoms with Crippen LogP contribution in [-0.4, -0.2) is 59.3 Å². The highest BCUT2D eigenvalue weighted by Crippen LogP contribution is 2.28. The number of aromatic nitrogens is 2. The first-order valence-electron chi connectivity index (χ1n) is 8.31. The maximum Gasteiger partial charge on any atom is 0.410 e. The van der Waals surface area contributed by atoms with Crippen LogP contribution in [0.4, 0.5) is 10.5 Å². The first-order valence-corrected chi connectivity index (χ1v) is 8.31. The van der Waals surface area contributed by atoms with E-state index >= 15 is 0 Å². The lowest BCUT2D eigenvalue weighted by atomic mass is 10.1. The van der Waals surface area contributed by atoms with Gasteiger partial charge in [-0.3, -0.25) is 4.79 Å². The van der Waals surface area contributed by atoms with Gasteiger partial charge in [0.25, 0.3) is 0 Å². The van der Waals surface area contributed by atoms with Gasteiger partial charge in [0.2, 0.25) is 0 Å². The van der Waals surface area contributed by atoms with E-state index in [1.807, 2.05) is 32.9 Å². The summed E-state index contributed by atoms with van der Waals surface area (Å²) < 4.78 is 5.43. The zero-order valence-electron chi connectivity index (χ0n) is 14.7. The third-order valence-electron chi connectivity index (χ3n) is 4.09. The highest BCUT2D eigenvalue weighted by Gasteiger charge is 2.26. The van der Waals surface area contributed by atoms with Crippen molar-refractivity contribution in [1.82, 2.24) is 15.1 Å². The Morgan fingerprint density at radius 1 is 1.16 bits per heavy atom. The van der Waals surface area contributed by atoms with Gasteiger partial charge < -0.3 is 14.5 Å². The summed E-state index contributed by atoms with van der Waals surface area (Å²) in [5.41, 5.74) is 1.64. The number of carbonyl (C=O) groups excluding carboxylic acids is 2. The second kappa shape index (κ2) is 6.66. The van der Waals surface area contributed by atoms with E-state index in [9.17, 15) is 9.59 Å². The van der Waals surface area contributed by atoms with Crippen LogP contribution in [0.3, 0.4) is 0 Å². The van der Waals surface area contributed by atoms with Gasteiger partial charge in [0.05, 0.1) is 6.20 Å². The Kier molecular flexibility index (Phi) is 4.57. The van der Waals surface area contributed by atoms with Crippen molar-refractivity contribution in [3.63, 3.8) is 0 Å². The van der Waals surface area contributed by atoms with Crippen LogP contribution in [-0.2, 0) is 4.74 Å². The maximum atomic E-state index is 12.2. The summed E-state index contributed by atoms with van der Waals surface area (Å²) in [6, 6.07) is 5.56. The number of nitrogens with zero attached hydrogens (tertiary/aromatic N) is 4. The first kappa shape index (κ1) is 17.1. The fraction of sp³-hybridized carbons (Fsp3) is 0.444. The molecule has 25 heavy (non-hydrogen) atoms. The van der Waals surface area contributed by atoms with E-state index < -0.39 is 5.60 Å². The van der Waals surface area contributed by atoms with E-state index in [2.05, 4.69) is 15.1 Å². The number of piperazine rings is 1. The minimum absolute atomic E-state index is 0.279. The molecule has 0 atom stereocenters. The van der Waals surface area contributed by atoms with Gasteiger partial charge in [-0.25, -0.2) is 4.79 Å². The highest BCUT2D eigenvalue weighted by atomic mass is 16.6. The Morgan fingerprint density at radius 3 is 2.52 bits per heavy atom. The van der Waals surface area contributed by atoms with Crippen LogP contribution in [0.1, 0.15) is 31.1 Å². The number of anilines is 1. The molecule has 7 heteroatoms. The Hall–Kier alpha value is -2.70. The molecule has 7 nitrogen and oxygen atoms in total. The molecule has 2 aromatic rings. The summed E-state index contributed by atoms with van der Waals surface area (Å²) >= 11 is 0. The number of amides is 1. The molecular weight excluding hydrogens is 320 g/mol. The smallest absolute Gasteiger partial charge is 0.410 e. The van der Waals surface area contributed by atoms with E-state index in [1.165, 1.54) is 0 Å². The van der Waals surface area contributed by atoms with Crippen molar-refractivity contribution >= 4 is 29.0 Å². The number of benzene rings is 1. The number of rotatable bonds is 2. The molecule has 132 valence electrons. The number of aldehydes is 1. The Bertz CT molecular complexity index is 792. The summed E-state index contributed by atoms with van der Waals surface area (Å²) in [4.78, 5) is 27.3. The minimum atomic E-state index is -0.492. The van der Waals surface area contributed by atoms with Crippen LogP contribution in [0.25, 0.3) is 10.9 Å². The molecule has 1 aliphatic rings. The zero-order chi connectivity index (χ0) is 18.0. The van der Waals surface area contributed by atoms with Crippen molar-refractivity contribution in [3.8, 4) is 0 Å². The predicted molar refractivity (Wildman–Crippen MR) is 94.9 cm³/mol. The van der Waals surface area contributed by atoms with Gasteiger partial charge >= 0.3 is 6.09 Å². The number of hydrogen-bond acceptors (Lipinski definition) is 6. The summed E-state index contributed by atoms with van der Waals surface area (Å²) in [6.45, 7) is 8.15. The van der Waals surface area contributed by atoms with E-state index in [0.717, 1.165) is 17.4 Å². The van der Waals surface area contributed by atoms with Gasteiger partial charge in [0.1, 0.15) is 11.1 Å². The van der Waals surface area contributed by atoms with Gasteiger partial charge in [-0.15, -0.1) is 5.10 Å². The molecule has 0 saturated carbocycles. The summed E-state index contributed by atoms with van der Waals surface area (Å²) in [7, 11) is 0. The normalized spacial score (nSPS) is 15.3. The highest BCUT2D eigenvalue weighted by molar-refractivity contribution is 6.01. The fourth-order valence-electron chi connectivity index (χ4n) is 2.92. The number of fused-ring (bicyclic) bond motifs is 1. The lowest BCUT2D eigenvalue weighted by molar-refractivity contribution is 0.0240. The van der Waals surface area contributed by atoms with Crippen LogP contribution < -0.4 is 4.90 Å². The second-order valence-electron chi connectivity index (χ2n) is 7.04. The maximum absolute atomic E-state index is 12.2. The number of ether oxygens (including phenoxy) is 1. The molecule has 0 unspecified atom stereocenters. The van der Waals surface area contributed by atoms with Crippen LogP contribution >= 0.6 is 0 Å². The van der Waals surface area contributed by atoms with Crippen molar-refractivity contribution in [3.05, 3.63) is 30.0 Å². The second-order valence-corrected chi connectivity index (χ2v) is 7.04. The van der Waals surface area contributed by atoms with Crippen molar-refractivity contribution in [1.29, 1.82) is 0 Å². The number of carbonyl (C=O) groups is 2. The summed E-state index contributed by atoms with van der Waals surface area (Å²) in [6.07, 6.45) is 2.14. The quantitative estimate of drug-likeness (QED) is 0.781. The molecule has 1 saturated heterocycles. The van der Waals surface area contributed by atoms with E-state index in [4.69, 9.17) is 4.74 Å². The molecule has 1 amide bonds. The minimum Gasteiger partial charge on any atom is -0.444 e. The van der Waals surface area contributed by atoms with Gasteiger partial charge in [0, 0.05) is 42.8 Å². The van der Waals surface area contributed by atoms with E-state index in [1.54, 1.807) is 17.2 Å². The Balaban J connectivity index is 1.77. The molecule has 1 fully saturated rings. The summed E-state index contributed by atoms with van der Waals surface area (Å²) in [5.74, 6) is 0. The van der Waals surface area contributed by atoms with Crippen LogP contribution in [0.5, 0.6) is 0 Å². The standard InChI is InChI=1S/C18H22N4O3/c1-18(2,3)25-17(24)22-10-8-21(9-11-22)15-5-4-13(12-23)16-14(15)6-7-19-20-16/h4-7,12H,8-11H2,1-3H3. The third-order valence-corrected chi connectivity index (χ3v) is 4.09. The van der Waals surface area contributed by atoms with Gasteiger partial charge in [-0.2, -0.15) is 5.10 Å². The van der Waals surface area contributed by atoms with Gasteiger partial charge in [-0.05, 0) is 39.0 Å². The average molecular weight is 342 g/mol. The Labute approximate surface area is 146 Å². The van der Waals surface area contributed by atoms with E-state index in [-0.39, 0.29) is 6.09 Å². The molecular formula is C18H22N4O3. The SMILES string of the molecule is CC(C)(C)OC(=O)N1CCN(c2ccc(C=O)c3nnccc23)CC1. The largest absolute Gasteiger partial charge is 0.444 e. The van der Waals surface area contributed by atoms with Crippen molar-refractivity contribution in [2.24, 2.45) is 0 Å². The molecule has 0 bridgehead atoms. The monoisotopic (exact) mass is 342 g/mol. The zero-order valence-corrected chi connectivity index (χ0v) is 14.7. The fourth-order valence-corrected chi connectivity index (χ4v) is 2.92. The van der Waals surface area contributed by atoms with Gasteiger partial charge in [-0.1, -0.05) is 0 Å². The molecule has 2 heterocycles. The topological polar surface area (TPSA) is 75.6 Å². The van der Waals surface area contributed by atoms with Crippen LogP contribution in [0, 0.1) is 0 Å².